The Labute approximate surface area is 243 Å². The van der Waals surface area contributed by atoms with E-state index < -0.39 is 6.04 Å². The Bertz CT molecular complexity index is 2270. The van der Waals surface area contributed by atoms with Crippen molar-refractivity contribution < 1.29 is 0 Å². The Kier molecular flexibility index (Phi) is 6.09. The second kappa shape index (κ2) is 9.97. The van der Waals surface area contributed by atoms with Crippen LogP contribution in [0, 0.1) is 6.92 Å². The number of aryl methyl sites for hydroxylation is 1. The van der Waals surface area contributed by atoms with Crippen LogP contribution in [0.1, 0.15) is 24.5 Å². The van der Waals surface area contributed by atoms with Gasteiger partial charge in [0.25, 0.3) is 5.56 Å². The minimum Gasteiger partial charge on any atom is -0.361 e. The minimum atomic E-state index is -0.528. The third-order valence-corrected chi connectivity index (χ3v) is 7.82. The lowest BCUT2D eigenvalue weighted by Gasteiger charge is -2.24. The highest BCUT2D eigenvalue weighted by Crippen LogP contribution is 2.37. The van der Waals surface area contributed by atoms with E-state index in [0.717, 1.165) is 28.0 Å². The Hall–Kier alpha value is -5.28. The second-order valence-electron chi connectivity index (χ2n) is 10.1. The lowest BCUT2D eigenvalue weighted by Crippen LogP contribution is -2.27. The number of H-pyrrole nitrogens is 2. The predicted molar refractivity (Wildman–Crippen MR) is 167 cm³/mol. The van der Waals surface area contributed by atoms with Crippen molar-refractivity contribution in [2.75, 3.05) is 5.32 Å². The number of hydrogen-bond donors (Lipinski definition) is 3. The third-order valence-electron chi connectivity index (χ3n) is 7.42. The average molecular weight is 574 g/mol. The van der Waals surface area contributed by atoms with Crippen molar-refractivity contribution in [1.82, 2.24) is 29.5 Å². The van der Waals surface area contributed by atoms with E-state index in [4.69, 9.17) is 11.6 Å². The average Bonchev–Trinajstić information content (AvgIpc) is 3.38. The molecule has 0 bridgehead atoms. The summed E-state index contributed by atoms with van der Waals surface area (Å²) >= 11 is 7.22. The van der Waals surface area contributed by atoms with Crippen LogP contribution in [0.5, 0.6) is 0 Å². The molecule has 4 aromatic heterocycles. The summed E-state index contributed by atoms with van der Waals surface area (Å²) in [6, 6.07) is 21.9. The van der Waals surface area contributed by atoms with E-state index in [2.05, 4.69) is 30.2 Å². The monoisotopic (exact) mass is 573 g/mol. The number of rotatable bonds is 5. The van der Waals surface area contributed by atoms with Crippen LogP contribution in [0.4, 0.5) is 5.82 Å². The number of pyridine rings is 2. The summed E-state index contributed by atoms with van der Waals surface area (Å²) in [7, 11) is 0. The zero-order chi connectivity index (χ0) is 29.0. The Morgan fingerprint density at radius 2 is 1.79 bits per heavy atom. The van der Waals surface area contributed by atoms with Gasteiger partial charge in [0, 0.05) is 23.3 Å². The summed E-state index contributed by atoms with van der Waals surface area (Å²) < 4.78 is 1.64. The van der Waals surface area contributed by atoms with Gasteiger partial charge in [-0.15, -0.1) is 0 Å². The number of fused-ring (bicyclic) bond motifs is 3. The van der Waals surface area contributed by atoms with Crippen LogP contribution in [-0.4, -0.2) is 29.5 Å². The van der Waals surface area contributed by atoms with E-state index in [-0.39, 0.29) is 11.0 Å². The maximum absolute atomic E-state index is 14.6. The number of imidazole rings is 1. The number of hydrogen-bond acceptors (Lipinski definition) is 6. The molecule has 3 N–H and O–H groups in total. The van der Waals surface area contributed by atoms with Crippen LogP contribution in [0.3, 0.4) is 0 Å². The summed E-state index contributed by atoms with van der Waals surface area (Å²) in [5.74, 6) is 1.16. The van der Waals surface area contributed by atoms with Gasteiger partial charge in [0.15, 0.2) is 5.43 Å². The smallest absolute Gasteiger partial charge is 0.263 e. The number of aromatic nitrogens is 6. The van der Waals surface area contributed by atoms with E-state index in [1.54, 1.807) is 10.8 Å². The zero-order valence-electron chi connectivity index (χ0n) is 22.6. The third kappa shape index (κ3) is 4.13. The standard InChI is InChI=1S/C32H24ClN7O2/c1-17(37-31-27-25(41)13-14-34-30(27)35-16-36-31)29-28(33)22-10-6-9-21(19-11-12-23-24(15-19)39-18(2)38-23)26(22)32(42)40(29)20-7-4-3-5-8-20/h3-17H,1-2H3,(H,38,39)(H2,34,35,36,37,41)/t17-/m0/s1. The first-order chi connectivity index (χ1) is 20.4. The molecule has 9 nitrogen and oxygen atoms in total. The Morgan fingerprint density at radius 1 is 0.952 bits per heavy atom. The fraction of sp³-hybridized carbons (Fsp3) is 0.0938. The normalized spacial score (nSPS) is 12.3. The number of nitrogens with zero attached hydrogens (tertiary/aromatic N) is 4. The van der Waals surface area contributed by atoms with Gasteiger partial charge in [0.05, 0.1) is 33.2 Å². The summed E-state index contributed by atoms with van der Waals surface area (Å²) in [6.07, 6.45) is 2.92. The van der Waals surface area contributed by atoms with Gasteiger partial charge in [-0.25, -0.2) is 15.0 Å². The van der Waals surface area contributed by atoms with Gasteiger partial charge < -0.3 is 15.3 Å². The molecule has 0 radical (unpaired) electrons. The molecule has 4 heterocycles. The van der Waals surface area contributed by atoms with Crippen molar-refractivity contribution in [2.45, 2.75) is 19.9 Å². The highest BCUT2D eigenvalue weighted by atomic mass is 35.5. The van der Waals surface area contributed by atoms with Gasteiger partial charge in [0.1, 0.15) is 29.0 Å². The first kappa shape index (κ1) is 25.7. The zero-order valence-corrected chi connectivity index (χ0v) is 23.4. The van der Waals surface area contributed by atoms with Crippen LogP contribution in [0.25, 0.3) is 49.7 Å². The van der Waals surface area contributed by atoms with Gasteiger partial charge >= 0.3 is 0 Å². The van der Waals surface area contributed by atoms with E-state index in [9.17, 15) is 9.59 Å². The molecule has 42 heavy (non-hydrogen) atoms. The van der Waals surface area contributed by atoms with Gasteiger partial charge in [-0.2, -0.15) is 0 Å². The minimum absolute atomic E-state index is 0.219. The van der Waals surface area contributed by atoms with Crippen LogP contribution in [0.2, 0.25) is 5.02 Å². The van der Waals surface area contributed by atoms with E-state index >= 15 is 0 Å². The van der Waals surface area contributed by atoms with Gasteiger partial charge in [0.2, 0.25) is 0 Å². The summed E-state index contributed by atoms with van der Waals surface area (Å²) in [6.45, 7) is 3.79. The molecule has 0 saturated heterocycles. The van der Waals surface area contributed by atoms with Gasteiger partial charge in [-0.05, 0) is 49.2 Å². The molecular weight excluding hydrogens is 550 g/mol. The fourth-order valence-electron chi connectivity index (χ4n) is 5.57. The molecule has 206 valence electrons. The molecule has 0 aliphatic carbocycles. The Balaban J connectivity index is 1.48. The van der Waals surface area contributed by atoms with Crippen molar-refractivity contribution in [3.05, 3.63) is 122 Å². The first-order valence-electron chi connectivity index (χ1n) is 13.4. The highest BCUT2D eigenvalue weighted by Gasteiger charge is 2.24. The van der Waals surface area contributed by atoms with Crippen LogP contribution in [0.15, 0.2) is 94.9 Å². The van der Waals surface area contributed by atoms with Gasteiger partial charge in [-0.1, -0.05) is 54.1 Å². The largest absolute Gasteiger partial charge is 0.361 e. The quantitative estimate of drug-likeness (QED) is 0.222. The van der Waals surface area contributed by atoms with Crippen molar-refractivity contribution in [3.8, 4) is 16.8 Å². The molecule has 0 saturated carbocycles. The number of aromatic amines is 2. The van der Waals surface area contributed by atoms with E-state index in [1.165, 1.54) is 12.4 Å². The van der Waals surface area contributed by atoms with Crippen molar-refractivity contribution in [3.63, 3.8) is 0 Å². The van der Waals surface area contributed by atoms with Crippen LogP contribution >= 0.6 is 11.6 Å². The maximum atomic E-state index is 14.6. The number of nitrogens with one attached hydrogen (secondary N) is 3. The molecule has 0 unspecified atom stereocenters. The molecule has 10 heteroatoms. The summed E-state index contributed by atoms with van der Waals surface area (Å²) in [4.78, 5) is 46.6. The molecule has 7 aromatic rings. The molecule has 3 aromatic carbocycles. The molecular formula is C32H24ClN7O2. The van der Waals surface area contributed by atoms with Gasteiger partial charge in [-0.3, -0.25) is 14.2 Å². The molecule has 0 aliphatic rings. The van der Waals surface area contributed by atoms with Crippen molar-refractivity contribution >= 4 is 50.3 Å². The molecule has 0 spiro atoms. The van der Waals surface area contributed by atoms with Crippen LogP contribution in [-0.2, 0) is 0 Å². The lowest BCUT2D eigenvalue weighted by molar-refractivity contribution is 0.774. The number of halogens is 1. The first-order valence-corrected chi connectivity index (χ1v) is 13.8. The summed E-state index contributed by atoms with van der Waals surface area (Å²) in [5, 5.41) is 5.19. The van der Waals surface area contributed by atoms with Crippen molar-refractivity contribution in [1.29, 1.82) is 0 Å². The Morgan fingerprint density at radius 3 is 2.62 bits per heavy atom. The van der Waals surface area contributed by atoms with Crippen LogP contribution < -0.4 is 16.3 Å². The molecule has 0 fully saturated rings. The predicted octanol–water partition coefficient (Wildman–Crippen LogP) is 6.30. The lowest BCUT2D eigenvalue weighted by atomic mass is 9.97. The molecule has 1 atom stereocenters. The topological polar surface area (TPSA) is 121 Å². The number of para-hydroxylation sites is 1. The molecule has 7 rings (SSSR count). The van der Waals surface area contributed by atoms with E-state index in [0.29, 0.717) is 44.0 Å². The van der Waals surface area contributed by atoms with Crippen molar-refractivity contribution in [2.24, 2.45) is 0 Å². The number of benzene rings is 3. The number of anilines is 1. The molecule has 0 amide bonds. The second-order valence-corrected chi connectivity index (χ2v) is 10.5. The SMILES string of the molecule is Cc1nc2cc(-c3cccc4c(Cl)c([C@H](C)Nc5ncnc6[nH]ccc(=O)c56)n(-c5ccccc5)c(=O)c34)ccc2[nH]1. The molecule has 0 aliphatic heterocycles. The fourth-order valence-corrected chi connectivity index (χ4v) is 5.98. The highest BCUT2D eigenvalue weighted by molar-refractivity contribution is 6.36. The van der Waals surface area contributed by atoms with E-state index in [1.807, 2.05) is 80.6 Å². The summed E-state index contributed by atoms with van der Waals surface area (Å²) in [5.41, 5.74) is 4.52. The maximum Gasteiger partial charge on any atom is 0.263 e.